The minimum atomic E-state index is -0.971. The Balaban J connectivity index is 1.69. The van der Waals surface area contributed by atoms with E-state index in [1.165, 1.54) is 11.3 Å². The fourth-order valence-electron chi connectivity index (χ4n) is 3.00. The van der Waals surface area contributed by atoms with Crippen molar-refractivity contribution in [2.75, 3.05) is 10.6 Å². The number of nitrogens with one attached hydrogen (secondary N) is 2. The van der Waals surface area contributed by atoms with Gasteiger partial charge in [-0.25, -0.2) is 4.98 Å². The first-order valence-corrected chi connectivity index (χ1v) is 8.53. The SMILES string of the molecule is CC1(C)[C@H](C(=O)O)[C@@H]1C(=O)Nc1cccc(C(=O)Nc2nccs2)c1. The molecule has 0 unspecified atom stereocenters. The molecule has 0 saturated heterocycles. The molecule has 1 heterocycles. The van der Waals surface area contributed by atoms with Crippen LogP contribution in [0.5, 0.6) is 0 Å². The molecule has 2 atom stereocenters. The number of hydrogen-bond acceptors (Lipinski definition) is 5. The number of thiazole rings is 1. The summed E-state index contributed by atoms with van der Waals surface area (Å²) in [6, 6.07) is 6.48. The Morgan fingerprint density at radius 1 is 1.20 bits per heavy atom. The molecule has 1 fully saturated rings. The van der Waals surface area contributed by atoms with Crippen LogP contribution in [-0.2, 0) is 9.59 Å². The normalized spacial score (nSPS) is 20.6. The zero-order chi connectivity index (χ0) is 18.2. The molecule has 1 aromatic carbocycles. The second-order valence-corrected chi connectivity index (χ2v) is 7.37. The fourth-order valence-corrected chi connectivity index (χ4v) is 3.52. The molecule has 1 aliphatic rings. The van der Waals surface area contributed by atoms with Gasteiger partial charge in [0.25, 0.3) is 5.91 Å². The van der Waals surface area contributed by atoms with Crippen LogP contribution < -0.4 is 10.6 Å². The molecule has 1 aliphatic carbocycles. The van der Waals surface area contributed by atoms with Crippen molar-refractivity contribution in [2.45, 2.75) is 13.8 Å². The molecule has 130 valence electrons. The molecule has 1 aromatic heterocycles. The molecule has 0 spiro atoms. The number of carbonyl (C=O) groups is 3. The van der Waals surface area contributed by atoms with Crippen LogP contribution in [0.2, 0.25) is 0 Å². The van der Waals surface area contributed by atoms with Crippen molar-refractivity contribution in [2.24, 2.45) is 17.3 Å². The lowest BCUT2D eigenvalue weighted by atomic mass is 10.1. The van der Waals surface area contributed by atoms with Gasteiger partial charge in [0, 0.05) is 22.8 Å². The lowest BCUT2D eigenvalue weighted by Crippen LogP contribution is -2.18. The summed E-state index contributed by atoms with van der Waals surface area (Å²) in [6.45, 7) is 3.52. The number of aromatic nitrogens is 1. The van der Waals surface area contributed by atoms with Crippen LogP contribution in [0, 0.1) is 17.3 Å². The zero-order valence-electron chi connectivity index (χ0n) is 13.6. The van der Waals surface area contributed by atoms with Gasteiger partial charge in [0.15, 0.2) is 5.13 Å². The molecule has 0 radical (unpaired) electrons. The van der Waals surface area contributed by atoms with Crippen molar-refractivity contribution in [1.82, 2.24) is 4.98 Å². The predicted molar refractivity (Wildman–Crippen MR) is 93.5 cm³/mol. The van der Waals surface area contributed by atoms with Crippen molar-refractivity contribution in [3.05, 3.63) is 41.4 Å². The maximum Gasteiger partial charge on any atom is 0.307 e. The Kier molecular flexibility index (Phi) is 4.30. The third-order valence-electron chi connectivity index (χ3n) is 4.42. The fraction of sp³-hybridized carbons (Fsp3) is 0.294. The standard InChI is InChI=1S/C17H17N3O4S/c1-17(2)11(12(17)15(23)24)14(22)19-10-5-3-4-9(8-10)13(21)20-16-18-6-7-25-16/h3-8,11-12H,1-2H3,(H,19,22)(H,23,24)(H,18,20,21)/t11-,12+/m1/s1. The van der Waals surface area contributed by atoms with E-state index in [1.807, 2.05) is 0 Å². The van der Waals surface area contributed by atoms with E-state index in [0.29, 0.717) is 16.4 Å². The van der Waals surface area contributed by atoms with Crippen LogP contribution in [0.4, 0.5) is 10.8 Å². The first kappa shape index (κ1) is 17.1. The highest BCUT2D eigenvalue weighted by Crippen LogP contribution is 2.58. The van der Waals surface area contributed by atoms with Gasteiger partial charge in [0.05, 0.1) is 11.8 Å². The van der Waals surface area contributed by atoms with Gasteiger partial charge in [-0.3, -0.25) is 19.7 Å². The number of benzene rings is 1. The topological polar surface area (TPSA) is 108 Å². The molecule has 8 heteroatoms. The summed E-state index contributed by atoms with van der Waals surface area (Å²) in [4.78, 5) is 39.8. The highest BCUT2D eigenvalue weighted by molar-refractivity contribution is 7.13. The van der Waals surface area contributed by atoms with E-state index in [-0.39, 0.29) is 11.8 Å². The third-order valence-corrected chi connectivity index (χ3v) is 5.11. The van der Waals surface area contributed by atoms with Crippen LogP contribution in [0.25, 0.3) is 0 Å². The highest BCUT2D eigenvalue weighted by atomic mass is 32.1. The Morgan fingerprint density at radius 3 is 2.56 bits per heavy atom. The first-order valence-electron chi connectivity index (χ1n) is 7.65. The number of hydrogen-bond donors (Lipinski definition) is 3. The van der Waals surface area contributed by atoms with Gasteiger partial charge in [0.1, 0.15) is 0 Å². The maximum atomic E-state index is 12.4. The van der Waals surface area contributed by atoms with E-state index in [0.717, 1.165) is 0 Å². The molecule has 3 rings (SSSR count). The number of carbonyl (C=O) groups excluding carboxylic acids is 2. The molecule has 3 N–H and O–H groups in total. The van der Waals surface area contributed by atoms with E-state index < -0.39 is 23.2 Å². The quantitative estimate of drug-likeness (QED) is 0.760. The number of anilines is 2. The van der Waals surface area contributed by atoms with Crippen molar-refractivity contribution < 1.29 is 19.5 Å². The number of carboxylic acid groups (broad SMARTS) is 1. The van der Waals surface area contributed by atoms with E-state index in [4.69, 9.17) is 0 Å². The molecular weight excluding hydrogens is 342 g/mol. The summed E-state index contributed by atoms with van der Waals surface area (Å²) in [5, 5.41) is 16.8. The third kappa shape index (κ3) is 3.39. The van der Waals surface area contributed by atoms with Gasteiger partial charge in [-0.05, 0) is 23.6 Å². The van der Waals surface area contributed by atoms with Gasteiger partial charge in [-0.1, -0.05) is 19.9 Å². The minimum Gasteiger partial charge on any atom is -0.481 e. The van der Waals surface area contributed by atoms with Crippen LogP contribution in [0.1, 0.15) is 24.2 Å². The monoisotopic (exact) mass is 359 g/mol. The van der Waals surface area contributed by atoms with E-state index in [1.54, 1.807) is 49.7 Å². The number of aliphatic carboxylic acids is 1. The molecule has 2 amide bonds. The second-order valence-electron chi connectivity index (χ2n) is 6.48. The zero-order valence-corrected chi connectivity index (χ0v) is 14.5. The molecular formula is C17H17N3O4S. The first-order chi connectivity index (χ1) is 11.8. The van der Waals surface area contributed by atoms with Gasteiger partial charge in [-0.2, -0.15) is 0 Å². The Morgan fingerprint density at radius 2 is 1.96 bits per heavy atom. The van der Waals surface area contributed by atoms with Crippen molar-refractivity contribution in [3.8, 4) is 0 Å². The van der Waals surface area contributed by atoms with Crippen LogP contribution in [0.3, 0.4) is 0 Å². The molecule has 1 saturated carbocycles. The summed E-state index contributed by atoms with van der Waals surface area (Å²) in [6.07, 6.45) is 1.59. The van der Waals surface area contributed by atoms with Gasteiger partial charge >= 0.3 is 5.97 Å². The lowest BCUT2D eigenvalue weighted by molar-refractivity contribution is -0.140. The summed E-state index contributed by atoms with van der Waals surface area (Å²) >= 11 is 1.31. The number of amides is 2. The van der Waals surface area contributed by atoms with Gasteiger partial charge in [-0.15, -0.1) is 11.3 Å². The Hall–Kier alpha value is -2.74. The smallest absolute Gasteiger partial charge is 0.307 e. The molecule has 0 bridgehead atoms. The van der Waals surface area contributed by atoms with E-state index in [2.05, 4.69) is 15.6 Å². The second kappa shape index (κ2) is 6.29. The average molecular weight is 359 g/mol. The van der Waals surface area contributed by atoms with Crippen molar-refractivity contribution in [3.63, 3.8) is 0 Å². The number of rotatable bonds is 5. The predicted octanol–water partition coefficient (Wildman–Crippen LogP) is 2.69. The summed E-state index contributed by atoms with van der Waals surface area (Å²) in [7, 11) is 0. The van der Waals surface area contributed by atoms with Crippen molar-refractivity contribution in [1.29, 1.82) is 0 Å². The summed E-state index contributed by atoms with van der Waals surface area (Å²) in [5.41, 5.74) is 0.247. The summed E-state index contributed by atoms with van der Waals surface area (Å²) in [5.74, 6) is -2.93. The van der Waals surface area contributed by atoms with Crippen LogP contribution >= 0.6 is 11.3 Å². The number of nitrogens with zero attached hydrogens (tertiary/aromatic N) is 1. The van der Waals surface area contributed by atoms with Gasteiger partial charge in [0.2, 0.25) is 5.91 Å². The Labute approximate surface area is 148 Å². The lowest BCUT2D eigenvalue weighted by Gasteiger charge is -2.08. The van der Waals surface area contributed by atoms with Gasteiger partial charge < -0.3 is 10.4 Å². The van der Waals surface area contributed by atoms with Crippen LogP contribution in [0.15, 0.2) is 35.8 Å². The largest absolute Gasteiger partial charge is 0.481 e. The summed E-state index contributed by atoms with van der Waals surface area (Å²) < 4.78 is 0. The highest BCUT2D eigenvalue weighted by Gasteiger charge is 2.65. The van der Waals surface area contributed by atoms with Crippen molar-refractivity contribution >= 4 is 39.9 Å². The molecule has 0 aliphatic heterocycles. The van der Waals surface area contributed by atoms with E-state index in [9.17, 15) is 19.5 Å². The molecule has 7 nitrogen and oxygen atoms in total. The molecule has 25 heavy (non-hydrogen) atoms. The average Bonchev–Trinajstić information content (AvgIpc) is 2.88. The minimum absolute atomic E-state index is 0.332. The van der Waals surface area contributed by atoms with E-state index >= 15 is 0 Å². The van der Waals surface area contributed by atoms with Crippen LogP contribution in [-0.4, -0.2) is 27.9 Å². The maximum absolute atomic E-state index is 12.4. The molecule has 2 aromatic rings. The number of carboxylic acids is 1. The Bertz CT molecular complexity index is 832.